The van der Waals surface area contributed by atoms with Crippen LogP contribution in [0.2, 0.25) is 0 Å². The number of hydrogen-bond donors (Lipinski definition) is 2. The molecule has 0 amide bonds. The minimum absolute atomic E-state index is 0.696. The van der Waals surface area contributed by atoms with Gasteiger partial charge in [-0.25, -0.2) is 0 Å². The summed E-state index contributed by atoms with van der Waals surface area (Å²) in [7, 11) is 0. The van der Waals surface area contributed by atoms with Crippen LogP contribution in [0, 0.1) is 0 Å². The van der Waals surface area contributed by atoms with Crippen LogP contribution < -0.4 is 15.8 Å². The van der Waals surface area contributed by atoms with Crippen molar-refractivity contribution in [1.82, 2.24) is 0 Å². The number of hydrogen-bond acceptors (Lipinski definition) is 3. The molecule has 4 heteroatoms. The molecule has 0 aliphatic carbocycles. The second-order valence-electron chi connectivity index (χ2n) is 4.92. The van der Waals surface area contributed by atoms with Crippen LogP contribution in [-0.4, -0.2) is 6.61 Å². The first-order valence-electron chi connectivity index (χ1n) is 7.21. The predicted molar refractivity (Wildman–Crippen MR) is 93.4 cm³/mol. The lowest BCUT2D eigenvalue weighted by molar-refractivity contribution is 0.318. The Kier molecular flexibility index (Phi) is 5.51. The third kappa shape index (κ3) is 4.39. The highest BCUT2D eigenvalue weighted by atomic mass is 79.9. The van der Waals surface area contributed by atoms with Crippen LogP contribution in [-0.2, 0) is 6.42 Å². The summed E-state index contributed by atoms with van der Waals surface area (Å²) in [6.07, 6.45) is 1.94. The van der Waals surface area contributed by atoms with Gasteiger partial charge in [-0.1, -0.05) is 29.8 Å². The third-order valence-electron chi connectivity index (χ3n) is 3.13. The van der Waals surface area contributed by atoms with Gasteiger partial charge in [-0.2, -0.15) is 0 Å². The van der Waals surface area contributed by atoms with Crippen molar-refractivity contribution in [3.63, 3.8) is 0 Å². The van der Waals surface area contributed by atoms with E-state index in [0.717, 1.165) is 34.4 Å². The highest BCUT2D eigenvalue weighted by Crippen LogP contribution is 2.28. The molecule has 0 aromatic heterocycles. The molecule has 112 valence electrons. The van der Waals surface area contributed by atoms with Crippen LogP contribution in [0.25, 0.3) is 0 Å². The monoisotopic (exact) mass is 348 g/mol. The number of rotatable bonds is 6. The summed E-state index contributed by atoms with van der Waals surface area (Å²) in [6.45, 7) is 4.92. The predicted octanol–water partition coefficient (Wildman–Crippen LogP) is 5.13. The molecule has 3 nitrogen and oxygen atoms in total. The minimum Gasteiger partial charge on any atom is -0.493 e. The summed E-state index contributed by atoms with van der Waals surface area (Å²) in [5.41, 5.74) is 9.93. The molecule has 0 unspecified atom stereocenters. The van der Waals surface area contributed by atoms with Crippen LogP contribution in [0.1, 0.15) is 25.8 Å². The van der Waals surface area contributed by atoms with Crippen LogP contribution in [0.15, 0.2) is 40.9 Å². The highest BCUT2D eigenvalue weighted by Gasteiger charge is 2.05. The van der Waals surface area contributed by atoms with Crippen molar-refractivity contribution in [2.24, 2.45) is 0 Å². The molecule has 0 fully saturated rings. The molecule has 0 saturated carbocycles. The van der Waals surface area contributed by atoms with Crippen LogP contribution in [0.4, 0.5) is 17.1 Å². The van der Waals surface area contributed by atoms with E-state index in [4.69, 9.17) is 10.5 Å². The molecule has 0 atom stereocenters. The normalized spacial score (nSPS) is 10.4. The largest absolute Gasteiger partial charge is 0.493 e. The maximum absolute atomic E-state index is 5.95. The number of anilines is 3. The number of aryl methyl sites for hydroxylation is 1. The Balaban J connectivity index is 2.24. The van der Waals surface area contributed by atoms with Gasteiger partial charge >= 0.3 is 0 Å². The van der Waals surface area contributed by atoms with Gasteiger partial charge in [0.2, 0.25) is 0 Å². The van der Waals surface area contributed by atoms with Gasteiger partial charge in [0.1, 0.15) is 5.75 Å². The van der Waals surface area contributed by atoms with E-state index >= 15 is 0 Å². The Morgan fingerprint density at radius 2 is 1.95 bits per heavy atom. The van der Waals surface area contributed by atoms with E-state index in [0.29, 0.717) is 12.3 Å². The molecule has 0 aliphatic rings. The maximum Gasteiger partial charge on any atom is 0.123 e. The Morgan fingerprint density at radius 1 is 1.14 bits per heavy atom. The van der Waals surface area contributed by atoms with Crippen molar-refractivity contribution in [2.75, 3.05) is 17.7 Å². The summed E-state index contributed by atoms with van der Waals surface area (Å²) >= 11 is 3.51. The minimum atomic E-state index is 0.696. The summed E-state index contributed by atoms with van der Waals surface area (Å²) in [4.78, 5) is 0. The van der Waals surface area contributed by atoms with Crippen molar-refractivity contribution < 1.29 is 4.74 Å². The first-order chi connectivity index (χ1) is 10.1. The first kappa shape index (κ1) is 15.7. The number of nitrogen functional groups attached to an aromatic ring is 1. The van der Waals surface area contributed by atoms with Gasteiger partial charge in [-0.15, -0.1) is 0 Å². The lowest BCUT2D eigenvalue weighted by atomic mass is 10.1. The van der Waals surface area contributed by atoms with Crippen molar-refractivity contribution >= 4 is 33.0 Å². The molecule has 0 heterocycles. The molecular formula is C17H21BrN2O. The molecule has 0 radical (unpaired) electrons. The Hall–Kier alpha value is -1.68. The molecule has 2 aromatic carbocycles. The van der Waals surface area contributed by atoms with E-state index in [1.165, 1.54) is 5.56 Å². The number of benzene rings is 2. The van der Waals surface area contributed by atoms with Gasteiger partial charge in [0.15, 0.2) is 0 Å². The van der Waals surface area contributed by atoms with E-state index in [9.17, 15) is 0 Å². The SMILES string of the molecule is CCCOc1cc(N)cc(Nc2ccc(Br)cc2CC)c1. The van der Waals surface area contributed by atoms with E-state index < -0.39 is 0 Å². The van der Waals surface area contributed by atoms with Gasteiger partial charge in [0, 0.05) is 33.7 Å². The highest BCUT2D eigenvalue weighted by molar-refractivity contribution is 9.10. The average Bonchev–Trinajstić information content (AvgIpc) is 2.46. The fourth-order valence-electron chi connectivity index (χ4n) is 2.13. The smallest absolute Gasteiger partial charge is 0.123 e. The van der Waals surface area contributed by atoms with Crippen molar-refractivity contribution in [2.45, 2.75) is 26.7 Å². The Morgan fingerprint density at radius 3 is 2.67 bits per heavy atom. The zero-order valence-corrected chi connectivity index (χ0v) is 14.0. The van der Waals surface area contributed by atoms with E-state index in [1.807, 2.05) is 24.3 Å². The molecule has 21 heavy (non-hydrogen) atoms. The summed E-state index contributed by atoms with van der Waals surface area (Å²) in [5.74, 6) is 0.800. The lowest BCUT2D eigenvalue weighted by Gasteiger charge is -2.14. The summed E-state index contributed by atoms with van der Waals surface area (Å²) in [5, 5.41) is 3.43. The van der Waals surface area contributed by atoms with Gasteiger partial charge in [0.05, 0.1) is 6.61 Å². The Bertz CT molecular complexity index is 614. The average molecular weight is 349 g/mol. The third-order valence-corrected chi connectivity index (χ3v) is 3.62. The van der Waals surface area contributed by atoms with Gasteiger partial charge in [-0.3, -0.25) is 0 Å². The Labute approximate surface area is 134 Å². The number of halogens is 1. The molecule has 0 bridgehead atoms. The second kappa shape index (κ2) is 7.36. The molecule has 0 saturated heterocycles. The first-order valence-corrected chi connectivity index (χ1v) is 8.00. The van der Waals surface area contributed by atoms with E-state index in [-0.39, 0.29) is 0 Å². The maximum atomic E-state index is 5.95. The van der Waals surface area contributed by atoms with E-state index in [1.54, 1.807) is 0 Å². The molecule has 0 spiro atoms. The summed E-state index contributed by atoms with van der Waals surface area (Å²) < 4.78 is 6.75. The topological polar surface area (TPSA) is 47.3 Å². The fraction of sp³-hybridized carbons (Fsp3) is 0.294. The number of ether oxygens (including phenoxy) is 1. The van der Waals surface area contributed by atoms with Gasteiger partial charge in [0.25, 0.3) is 0 Å². The number of nitrogens with one attached hydrogen (secondary N) is 1. The van der Waals surface area contributed by atoms with Crippen molar-refractivity contribution in [3.8, 4) is 5.75 Å². The zero-order chi connectivity index (χ0) is 15.2. The van der Waals surface area contributed by atoms with Gasteiger partial charge in [-0.05, 0) is 42.7 Å². The molecule has 0 aliphatic heterocycles. The molecule has 2 rings (SSSR count). The zero-order valence-electron chi connectivity index (χ0n) is 12.4. The molecule has 3 N–H and O–H groups in total. The van der Waals surface area contributed by atoms with Crippen molar-refractivity contribution in [1.29, 1.82) is 0 Å². The molecular weight excluding hydrogens is 328 g/mol. The second-order valence-corrected chi connectivity index (χ2v) is 5.83. The van der Waals surface area contributed by atoms with E-state index in [2.05, 4.69) is 47.2 Å². The summed E-state index contributed by atoms with van der Waals surface area (Å²) in [6, 6.07) is 12.0. The van der Waals surface area contributed by atoms with Gasteiger partial charge < -0.3 is 15.8 Å². The fourth-order valence-corrected chi connectivity index (χ4v) is 2.54. The standard InChI is InChI=1S/C17H21BrN2O/c1-3-7-21-16-10-14(19)9-15(11-16)20-17-6-5-13(18)8-12(17)4-2/h5-6,8-11,20H,3-4,7,19H2,1-2H3. The quantitative estimate of drug-likeness (QED) is 0.711. The molecule has 2 aromatic rings. The van der Waals surface area contributed by atoms with Crippen molar-refractivity contribution in [3.05, 3.63) is 46.4 Å². The van der Waals surface area contributed by atoms with Crippen LogP contribution in [0.5, 0.6) is 5.75 Å². The lowest BCUT2D eigenvalue weighted by Crippen LogP contribution is -1.99. The number of nitrogens with two attached hydrogens (primary N) is 1. The van der Waals surface area contributed by atoms with Crippen LogP contribution in [0.3, 0.4) is 0 Å². The van der Waals surface area contributed by atoms with Crippen LogP contribution >= 0.6 is 15.9 Å².